The fourth-order valence-corrected chi connectivity index (χ4v) is 5.58. The fraction of sp³-hybridized carbons (Fsp3) is 0.360. The molecule has 2 heterocycles. The Morgan fingerprint density at radius 1 is 1.24 bits per heavy atom. The van der Waals surface area contributed by atoms with Crippen molar-refractivity contribution in [3.8, 4) is 5.75 Å². The SMILES string of the molecule is CCN(Cc1cc(Cl)ccc1OC1C=CCCC1)c1ccc(C(=O)NS(=O)(=O)c2c(C)noc2C)nn1. The summed E-state index contributed by atoms with van der Waals surface area (Å²) in [4.78, 5) is 14.4. The number of rotatable bonds is 9. The summed E-state index contributed by atoms with van der Waals surface area (Å²) in [5.41, 5.74) is 0.898. The molecule has 4 rings (SSSR count). The van der Waals surface area contributed by atoms with E-state index in [1.165, 1.54) is 19.9 Å². The van der Waals surface area contributed by atoms with E-state index in [0.29, 0.717) is 23.9 Å². The molecule has 2 aromatic heterocycles. The van der Waals surface area contributed by atoms with Crippen molar-refractivity contribution in [1.29, 1.82) is 0 Å². The summed E-state index contributed by atoms with van der Waals surface area (Å²) in [6, 6.07) is 8.56. The van der Waals surface area contributed by atoms with Gasteiger partial charge in [0.25, 0.3) is 15.9 Å². The molecule has 0 bridgehead atoms. The smallest absolute Gasteiger partial charge is 0.285 e. The minimum absolute atomic E-state index is 0.0167. The highest BCUT2D eigenvalue weighted by Crippen LogP contribution is 2.28. The lowest BCUT2D eigenvalue weighted by Crippen LogP contribution is -2.32. The number of carbonyl (C=O) groups is 1. The number of benzene rings is 1. The van der Waals surface area contributed by atoms with Crippen molar-refractivity contribution in [3.63, 3.8) is 0 Å². The second-order valence-corrected chi connectivity index (χ2v) is 10.7. The van der Waals surface area contributed by atoms with Gasteiger partial charge in [0, 0.05) is 23.7 Å². The third kappa shape index (κ3) is 6.28. The van der Waals surface area contributed by atoms with Crippen LogP contribution in [-0.2, 0) is 16.6 Å². The number of halogens is 1. The summed E-state index contributed by atoms with van der Waals surface area (Å²) in [6.07, 6.45) is 7.34. The molecule has 1 aliphatic carbocycles. The number of ether oxygens (including phenoxy) is 1. The van der Waals surface area contributed by atoms with Crippen LogP contribution in [0, 0.1) is 13.8 Å². The first-order chi connectivity index (χ1) is 17.7. The molecule has 12 heteroatoms. The van der Waals surface area contributed by atoms with Crippen molar-refractivity contribution in [2.24, 2.45) is 0 Å². The van der Waals surface area contributed by atoms with Crippen LogP contribution in [0.1, 0.15) is 53.7 Å². The molecular formula is C25H28ClN5O5S. The van der Waals surface area contributed by atoms with E-state index in [1.807, 2.05) is 28.7 Å². The van der Waals surface area contributed by atoms with Gasteiger partial charge in [0.05, 0.1) is 0 Å². The zero-order valence-electron chi connectivity index (χ0n) is 20.8. The molecule has 37 heavy (non-hydrogen) atoms. The number of aryl methyl sites for hydroxylation is 2. The zero-order valence-corrected chi connectivity index (χ0v) is 22.3. The molecule has 0 aliphatic heterocycles. The molecule has 0 radical (unpaired) electrons. The second kappa shape index (κ2) is 11.3. The quantitative estimate of drug-likeness (QED) is 0.390. The lowest BCUT2D eigenvalue weighted by Gasteiger charge is -2.25. The van der Waals surface area contributed by atoms with Crippen molar-refractivity contribution < 1.29 is 22.5 Å². The number of anilines is 1. The maximum atomic E-state index is 12.6. The van der Waals surface area contributed by atoms with Gasteiger partial charge >= 0.3 is 0 Å². The number of amides is 1. The van der Waals surface area contributed by atoms with Gasteiger partial charge < -0.3 is 14.2 Å². The highest BCUT2D eigenvalue weighted by atomic mass is 35.5. The zero-order chi connectivity index (χ0) is 26.6. The highest BCUT2D eigenvalue weighted by molar-refractivity contribution is 7.90. The summed E-state index contributed by atoms with van der Waals surface area (Å²) in [5, 5.41) is 12.3. The number of hydrogen-bond donors (Lipinski definition) is 1. The molecule has 0 spiro atoms. The lowest BCUT2D eigenvalue weighted by atomic mass is 10.1. The minimum atomic E-state index is -4.18. The van der Waals surface area contributed by atoms with E-state index in [1.54, 1.807) is 12.1 Å². The average Bonchev–Trinajstić information content (AvgIpc) is 3.23. The largest absolute Gasteiger partial charge is 0.486 e. The molecule has 1 unspecified atom stereocenters. The highest BCUT2D eigenvalue weighted by Gasteiger charge is 2.27. The van der Waals surface area contributed by atoms with E-state index in [-0.39, 0.29) is 28.1 Å². The topological polar surface area (TPSA) is 128 Å². The number of allylic oxidation sites excluding steroid dienone is 1. The van der Waals surface area contributed by atoms with Crippen molar-refractivity contribution in [2.45, 2.75) is 57.6 Å². The normalized spacial score (nSPS) is 15.4. The third-order valence-corrected chi connectivity index (χ3v) is 7.73. The first-order valence-electron chi connectivity index (χ1n) is 11.9. The number of hydrogen-bond acceptors (Lipinski definition) is 9. The maximum Gasteiger partial charge on any atom is 0.285 e. The molecule has 3 aromatic rings. The molecule has 1 aliphatic rings. The Labute approximate surface area is 220 Å². The minimum Gasteiger partial charge on any atom is -0.486 e. The van der Waals surface area contributed by atoms with Crippen molar-refractivity contribution in [1.82, 2.24) is 20.1 Å². The van der Waals surface area contributed by atoms with Crippen LogP contribution in [0.4, 0.5) is 5.82 Å². The standard InChI is InChI=1S/C25H28ClN5O5S/c1-4-31(15-18-14-19(26)10-12-22(18)35-20-8-6-5-7-9-20)23-13-11-21(27-28-23)25(32)30-37(33,34)24-16(2)29-36-17(24)3/h6,8,10-14,20H,4-5,7,9,15H2,1-3H3,(H,30,32). The van der Waals surface area contributed by atoms with Gasteiger partial charge in [-0.1, -0.05) is 22.8 Å². The fourth-order valence-electron chi connectivity index (χ4n) is 4.09. The van der Waals surface area contributed by atoms with Crippen molar-refractivity contribution >= 4 is 33.3 Å². The van der Waals surface area contributed by atoms with Crippen LogP contribution >= 0.6 is 11.6 Å². The van der Waals surface area contributed by atoms with Crippen LogP contribution in [-0.4, -0.2) is 42.3 Å². The molecule has 1 amide bonds. The summed E-state index contributed by atoms with van der Waals surface area (Å²) in [5.74, 6) is 0.430. The molecule has 196 valence electrons. The van der Waals surface area contributed by atoms with E-state index >= 15 is 0 Å². The number of nitrogens with zero attached hydrogens (tertiary/aromatic N) is 4. The number of carbonyl (C=O) groups excluding carboxylic acids is 1. The predicted octanol–water partition coefficient (Wildman–Crippen LogP) is 4.37. The van der Waals surface area contributed by atoms with Crippen LogP contribution in [0.15, 0.2) is 51.9 Å². The van der Waals surface area contributed by atoms with Crippen molar-refractivity contribution in [3.05, 3.63) is 70.2 Å². The van der Waals surface area contributed by atoms with Gasteiger partial charge in [-0.2, -0.15) is 0 Å². The van der Waals surface area contributed by atoms with E-state index in [2.05, 4.69) is 27.5 Å². The van der Waals surface area contributed by atoms with Gasteiger partial charge in [-0.3, -0.25) is 4.79 Å². The van der Waals surface area contributed by atoms with Gasteiger partial charge in [-0.15, -0.1) is 10.2 Å². The molecular weight excluding hydrogens is 518 g/mol. The maximum absolute atomic E-state index is 12.6. The Morgan fingerprint density at radius 2 is 2.05 bits per heavy atom. The molecule has 0 saturated carbocycles. The summed E-state index contributed by atoms with van der Waals surface area (Å²) in [7, 11) is -4.18. The molecule has 1 atom stereocenters. The predicted molar refractivity (Wildman–Crippen MR) is 138 cm³/mol. The Balaban J connectivity index is 1.49. The first-order valence-corrected chi connectivity index (χ1v) is 13.7. The molecule has 1 N–H and O–H groups in total. The monoisotopic (exact) mass is 545 g/mol. The van der Waals surface area contributed by atoms with Crippen LogP contribution in [0.5, 0.6) is 5.75 Å². The number of aromatic nitrogens is 3. The first kappa shape index (κ1) is 26.6. The average molecular weight is 546 g/mol. The lowest BCUT2D eigenvalue weighted by molar-refractivity contribution is 0.0975. The number of nitrogens with one attached hydrogen (secondary N) is 1. The van der Waals surface area contributed by atoms with Gasteiger partial charge in [0.2, 0.25) is 0 Å². The Bertz CT molecular complexity index is 1390. The molecule has 10 nitrogen and oxygen atoms in total. The van der Waals surface area contributed by atoms with Gasteiger partial charge in [0.15, 0.2) is 22.2 Å². The van der Waals surface area contributed by atoms with Crippen molar-refractivity contribution in [2.75, 3.05) is 11.4 Å². The van der Waals surface area contributed by atoms with Crippen LogP contribution in [0.25, 0.3) is 0 Å². The number of sulfonamides is 1. The molecule has 0 saturated heterocycles. The summed E-state index contributed by atoms with van der Waals surface area (Å²) < 4.78 is 38.4. The third-order valence-electron chi connectivity index (χ3n) is 5.92. The van der Waals surface area contributed by atoms with Crippen LogP contribution in [0.2, 0.25) is 5.02 Å². The van der Waals surface area contributed by atoms with Crippen LogP contribution < -0.4 is 14.4 Å². The van der Waals surface area contributed by atoms with Crippen LogP contribution in [0.3, 0.4) is 0 Å². The Kier molecular flexibility index (Phi) is 8.13. The Morgan fingerprint density at radius 3 is 2.68 bits per heavy atom. The second-order valence-electron chi connectivity index (χ2n) is 8.65. The molecule has 1 aromatic carbocycles. The van der Waals surface area contributed by atoms with E-state index in [4.69, 9.17) is 20.9 Å². The van der Waals surface area contributed by atoms with E-state index < -0.39 is 15.9 Å². The summed E-state index contributed by atoms with van der Waals surface area (Å²) in [6.45, 7) is 5.94. The summed E-state index contributed by atoms with van der Waals surface area (Å²) >= 11 is 6.28. The van der Waals surface area contributed by atoms with E-state index in [0.717, 1.165) is 30.6 Å². The molecule has 0 fully saturated rings. The Hall–Kier alpha value is -3.44. The van der Waals surface area contributed by atoms with E-state index in [9.17, 15) is 13.2 Å². The van der Waals surface area contributed by atoms with Gasteiger partial charge in [0.1, 0.15) is 17.5 Å². The van der Waals surface area contributed by atoms with Gasteiger partial charge in [-0.25, -0.2) is 13.1 Å². The van der Waals surface area contributed by atoms with Gasteiger partial charge in [-0.05, 0) is 76.4 Å².